The van der Waals surface area contributed by atoms with Crippen LogP contribution in [0, 0.1) is 0 Å². The predicted molar refractivity (Wildman–Crippen MR) is 103 cm³/mol. The Morgan fingerprint density at radius 2 is 1.96 bits per heavy atom. The van der Waals surface area contributed by atoms with Crippen molar-refractivity contribution in [2.24, 2.45) is 4.99 Å². The minimum absolute atomic E-state index is 0.581. The molecule has 1 aromatic rings. The highest BCUT2D eigenvalue weighted by Crippen LogP contribution is 2.17. The summed E-state index contributed by atoms with van der Waals surface area (Å²) in [7, 11) is 3.46. The van der Waals surface area contributed by atoms with Gasteiger partial charge in [0.05, 0.1) is 13.7 Å². The largest absolute Gasteiger partial charge is 0.497 e. The second kappa shape index (κ2) is 10.8. The standard InChI is InChI=1S/C19H32N4O2/c1-4-23-13-6-5-7-16(23)15-22-19(20-2)21-12-14-25-18-10-8-17(24-3)9-11-18/h8-11,16H,4-7,12-15H2,1-3H3,(H2,20,21,22). The van der Waals surface area contributed by atoms with Gasteiger partial charge in [-0.25, -0.2) is 0 Å². The van der Waals surface area contributed by atoms with Crippen molar-refractivity contribution in [3.05, 3.63) is 24.3 Å². The van der Waals surface area contributed by atoms with E-state index in [0.29, 0.717) is 19.2 Å². The molecule has 1 aliphatic rings. The first-order valence-corrected chi connectivity index (χ1v) is 9.22. The van der Waals surface area contributed by atoms with Crippen molar-refractivity contribution < 1.29 is 9.47 Å². The highest BCUT2D eigenvalue weighted by atomic mass is 16.5. The van der Waals surface area contributed by atoms with Gasteiger partial charge in [0.15, 0.2) is 5.96 Å². The maximum absolute atomic E-state index is 5.72. The third-order valence-electron chi connectivity index (χ3n) is 4.61. The van der Waals surface area contributed by atoms with Crippen LogP contribution in [-0.4, -0.2) is 63.8 Å². The third-order valence-corrected chi connectivity index (χ3v) is 4.61. The van der Waals surface area contributed by atoms with Gasteiger partial charge < -0.3 is 20.1 Å². The number of piperidine rings is 1. The number of likely N-dealkylation sites (N-methyl/N-ethyl adjacent to an activating group) is 1. The third kappa shape index (κ3) is 6.46. The Labute approximate surface area is 151 Å². The number of nitrogens with one attached hydrogen (secondary N) is 2. The van der Waals surface area contributed by atoms with Crippen LogP contribution in [0.3, 0.4) is 0 Å². The fraction of sp³-hybridized carbons (Fsp3) is 0.632. The molecule has 0 aliphatic carbocycles. The molecule has 1 aromatic carbocycles. The first-order chi connectivity index (χ1) is 12.3. The van der Waals surface area contributed by atoms with Crippen molar-refractivity contribution >= 4 is 5.96 Å². The fourth-order valence-electron chi connectivity index (χ4n) is 3.15. The van der Waals surface area contributed by atoms with Crippen molar-refractivity contribution in [2.75, 3.05) is 46.9 Å². The topological polar surface area (TPSA) is 58.1 Å². The number of benzene rings is 1. The van der Waals surface area contributed by atoms with Gasteiger partial charge in [-0.05, 0) is 50.2 Å². The van der Waals surface area contributed by atoms with E-state index in [9.17, 15) is 0 Å². The molecule has 1 fully saturated rings. The number of hydrogen-bond acceptors (Lipinski definition) is 4. The number of aliphatic imine (C=N–C) groups is 1. The van der Waals surface area contributed by atoms with E-state index in [1.54, 1.807) is 14.2 Å². The maximum Gasteiger partial charge on any atom is 0.191 e. The fourth-order valence-corrected chi connectivity index (χ4v) is 3.15. The van der Waals surface area contributed by atoms with Gasteiger partial charge in [-0.3, -0.25) is 9.89 Å². The second-order valence-corrected chi connectivity index (χ2v) is 6.18. The SMILES string of the molecule is CCN1CCCCC1CNC(=NC)NCCOc1ccc(OC)cc1. The van der Waals surface area contributed by atoms with Crippen LogP contribution in [-0.2, 0) is 0 Å². The Morgan fingerprint density at radius 1 is 1.20 bits per heavy atom. The lowest BCUT2D eigenvalue weighted by Crippen LogP contribution is -2.49. The molecule has 1 unspecified atom stereocenters. The number of hydrogen-bond donors (Lipinski definition) is 2. The molecular formula is C19H32N4O2. The highest BCUT2D eigenvalue weighted by Gasteiger charge is 2.20. The summed E-state index contributed by atoms with van der Waals surface area (Å²) in [5.41, 5.74) is 0. The summed E-state index contributed by atoms with van der Waals surface area (Å²) in [5, 5.41) is 6.75. The number of likely N-dealkylation sites (tertiary alicyclic amines) is 1. The van der Waals surface area contributed by atoms with Crippen LogP contribution < -0.4 is 20.1 Å². The number of methoxy groups -OCH3 is 1. The van der Waals surface area contributed by atoms with E-state index in [0.717, 1.165) is 30.5 Å². The zero-order valence-electron chi connectivity index (χ0n) is 15.8. The van der Waals surface area contributed by atoms with E-state index < -0.39 is 0 Å². The van der Waals surface area contributed by atoms with E-state index in [2.05, 4.69) is 27.4 Å². The molecule has 6 nitrogen and oxygen atoms in total. The average Bonchev–Trinajstić information content (AvgIpc) is 2.68. The Hall–Kier alpha value is -1.95. The quantitative estimate of drug-likeness (QED) is 0.428. The summed E-state index contributed by atoms with van der Waals surface area (Å²) in [6.45, 7) is 6.79. The van der Waals surface area contributed by atoms with Crippen molar-refractivity contribution in [1.29, 1.82) is 0 Å². The van der Waals surface area contributed by atoms with Gasteiger partial charge in [0.25, 0.3) is 0 Å². The van der Waals surface area contributed by atoms with Crippen LogP contribution >= 0.6 is 0 Å². The maximum atomic E-state index is 5.72. The molecule has 1 atom stereocenters. The van der Waals surface area contributed by atoms with Crippen LogP contribution in [0.4, 0.5) is 0 Å². The first kappa shape index (κ1) is 19.4. The average molecular weight is 348 g/mol. The zero-order valence-corrected chi connectivity index (χ0v) is 15.8. The molecule has 0 spiro atoms. The van der Waals surface area contributed by atoms with Gasteiger partial charge in [0, 0.05) is 19.6 Å². The molecule has 0 bridgehead atoms. The lowest BCUT2D eigenvalue weighted by atomic mass is 10.0. The van der Waals surface area contributed by atoms with Gasteiger partial charge in [-0.2, -0.15) is 0 Å². The van der Waals surface area contributed by atoms with Gasteiger partial charge >= 0.3 is 0 Å². The molecule has 140 valence electrons. The van der Waals surface area contributed by atoms with Crippen molar-refractivity contribution in [1.82, 2.24) is 15.5 Å². The normalized spacial score (nSPS) is 18.7. The number of nitrogens with zero attached hydrogens (tertiary/aromatic N) is 2. The smallest absolute Gasteiger partial charge is 0.191 e. The van der Waals surface area contributed by atoms with Gasteiger partial charge in [0.1, 0.15) is 18.1 Å². The molecule has 1 aliphatic heterocycles. The molecule has 0 amide bonds. The molecule has 0 radical (unpaired) electrons. The lowest BCUT2D eigenvalue weighted by molar-refractivity contribution is 0.157. The predicted octanol–water partition coefficient (Wildman–Crippen LogP) is 2.11. The Bertz CT molecular complexity index is 519. The Balaban J connectivity index is 1.65. The number of ether oxygens (including phenoxy) is 2. The van der Waals surface area contributed by atoms with Crippen molar-refractivity contribution in [3.63, 3.8) is 0 Å². The number of guanidine groups is 1. The van der Waals surface area contributed by atoms with Crippen LogP contribution in [0.5, 0.6) is 11.5 Å². The molecule has 25 heavy (non-hydrogen) atoms. The first-order valence-electron chi connectivity index (χ1n) is 9.22. The van der Waals surface area contributed by atoms with Gasteiger partial charge in [0.2, 0.25) is 0 Å². The van der Waals surface area contributed by atoms with E-state index in [1.807, 2.05) is 24.3 Å². The van der Waals surface area contributed by atoms with Gasteiger partial charge in [-0.15, -0.1) is 0 Å². The summed E-state index contributed by atoms with van der Waals surface area (Å²) in [4.78, 5) is 6.85. The van der Waals surface area contributed by atoms with Crippen molar-refractivity contribution in [3.8, 4) is 11.5 Å². The summed E-state index contributed by atoms with van der Waals surface area (Å²) in [6, 6.07) is 8.22. The highest BCUT2D eigenvalue weighted by molar-refractivity contribution is 5.79. The van der Waals surface area contributed by atoms with Gasteiger partial charge in [-0.1, -0.05) is 13.3 Å². The lowest BCUT2D eigenvalue weighted by Gasteiger charge is -2.35. The van der Waals surface area contributed by atoms with Crippen LogP contribution in [0.1, 0.15) is 26.2 Å². The summed E-state index contributed by atoms with van der Waals surface area (Å²) in [6.07, 6.45) is 3.91. The van der Waals surface area contributed by atoms with Crippen LogP contribution in [0.2, 0.25) is 0 Å². The van der Waals surface area contributed by atoms with Crippen LogP contribution in [0.25, 0.3) is 0 Å². The summed E-state index contributed by atoms with van der Waals surface area (Å²) in [5.74, 6) is 2.50. The van der Waals surface area contributed by atoms with E-state index >= 15 is 0 Å². The second-order valence-electron chi connectivity index (χ2n) is 6.18. The zero-order chi connectivity index (χ0) is 17.9. The Morgan fingerprint density at radius 3 is 2.64 bits per heavy atom. The number of rotatable bonds is 8. The molecule has 2 rings (SSSR count). The minimum Gasteiger partial charge on any atom is -0.497 e. The van der Waals surface area contributed by atoms with E-state index in [-0.39, 0.29) is 0 Å². The monoisotopic (exact) mass is 348 g/mol. The molecule has 1 heterocycles. The molecule has 1 saturated heterocycles. The molecule has 6 heteroatoms. The summed E-state index contributed by atoms with van der Waals surface area (Å²) >= 11 is 0. The molecule has 0 saturated carbocycles. The summed E-state index contributed by atoms with van der Waals surface area (Å²) < 4.78 is 10.9. The molecule has 0 aromatic heterocycles. The van der Waals surface area contributed by atoms with E-state index in [4.69, 9.17) is 9.47 Å². The molecular weight excluding hydrogens is 316 g/mol. The van der Waals surface area contributed by atoms with E-state index in [1.165, 1.54) is 25.8 Å². The molecule has 2 N–H and O–H groups in total. The minimum atomic E-state index is 0.581. The van der Waals surface area contributed by atoms with Crippen molar-refractivity contribution in [2.45, 2.75) is 32.2 Å². The van der Waals surface area contributed by atoms with Crippen LogP contribution in [0.15, 0.2) is 29.3 Å². The Kier molecular flexibility index (Phi) is 8.39.